The zero-order valence-corrected chi connectivity index (χ0v) is 11.5. The van der Waals surface area contributed by atoms with Crippen LogP contribution in [0.5, 0.6) is 0 Å². The smallest absolute Gasteiger partial charge is 0.214 e. The molecule has 1 unspecified atom stereocenters. The number of hydrogen-bond donors (Lipinski definition) is 1. The standard InChI is InChI=1S/C12H24N2O2S/c1-2-14(9-12-5-3-4-8-13-12)17(15,16)10-11-6-7-11/h11-13H,2-10H2,1H3. The van der Waals surface area contributed by atoms with E-state index in [0.29, 0.717) is 30.8 Å². The number of hydrogen-bond acceptors (Lipinski definition) is 3. The molecule has 2 fully saturated rings. The lowest BCUT2D eigenvalue weighted by Crippen LogP contribution is -2.46. The van der Waals surface area contributed by atoms with Gasteiger partial charge in [0.1, 0.15) is 0 Å². The Labute approximate surface area is 105 Å². The lowest BCUT2D eigenvalue weighted by atomic mass is 10.1. The van der Waals surface area contributed by atoms with Gasteiger partial charge >= 0.3 is 0 Å². The van der Waals surface area contributed by atoms with Gasteiger partial charge in [-0.3, -0.25) is 0 Å². The lowest BCUT2D eigenvalue weighted by Gasteiger charge is -2.29. The Hall–Kier alpha value is -0.130. The normalized spacial score (nSPS) is 26.4. The Kier molecular flexibility index (Phi) is 4.44. The fourth-order valence-electron chi connectivity index (χ4n) is 2.45. The van der Waals surface area contributed by atoms with Crippen molar-refractivity contribution < 1.29 is 8.42 Å². The molecule has 4 nitrogen and oxygen atoms in total. The van der Waals surface area contributed by atoms with Gasteiger partial charge < -0.3 is 5.32 Å². The molecule has 100 valence electrons. The maximum Gasteiger partial charge on any atom is 0.214 e. The second kappa shape index (κ2) is 5.67. The SMILES string of the molecule is CCN(CC1CCCCN1)S(=O)(=O)CC1CC1. The van der Waals surface area contributed by atoms with Crippen molar-refractivity contribution in [3.8, 4) is 0 Å². The van der Waals surface area contributed by atoms with Gasteiger partial charge in [0.25, 0.3) is 0 Å². The molecule has 1 aliphatic heterocycles. The molecule has 0 aromatic heterocycles. The molecule has 0 amide bonds. The molecular formula is C12H24N2O2S. The van der Waals surface area contributed by atoms with Gasteiger partial charge in [0, 0.05) is 19.1 Å². The van der Waals surface area contributed by atoms with Crippen LogP contribution >= 0.6 is 0 Å². The molecule has 2 rings (SSSR count). The Morgan fingerprint density at radius 1 is 1.24 bits per heavy atom. The third kappa shape index (κ3) is 3.93. The van der Waals surface area contributed by atoms with Crippen LogP contribution in [0.2, 0.25) is 0 Å². The highest BCUT2D eigenvalue weighted by molar-refractivity contribution is 7.89. The van der Waals surface area contributed by atoms with E-state index in [1.807, 2.05) is 6.92 Å². The fourth-order valence-corrected chi connectivity index (χ4v) is 4.39. The average Bonchev–Trinajstić information content (AvgIpc) is 3.10. The van der Waals surface area contributed by atoms with Gasteiger partial charge in [-0.25, -0.2) is 12.7 Å². The summed E-state index contributed by atoms with van der Waals surface area (Å²) in [4.78, 5) is 0. The summed E-state index contributed by atoms with van der Waals surface area (Å²) in [7, 11) is -3.02. The van der Waals surface area contributed by atoms with Crippen molar-refractivity contribution in [2.24, 2.45) is 5.92 Å². The first-order valence-electron chi connectivity index (χ1n) is 6.83. The first-order chi connectivity index (χ1) is 8.12. The van der Waals surface area contributed by atoms with Crippen molar-refractivity contribution >= 4 is 10.0 Å². The Balaban J connectivity index is 1.89. The van der Waals surface area contributed by atoms with Crippen LogP contribution in [0.25, 0.3) is 0 Å². The highest BCUT2D eigenvalue weighted by Gasteiger charge is 2.32. The minimum absolute atomic E-state index is 0.359. The van der Waals surface area contributed by atoms with Crippen molar-refractivity contribution in [3.63, 3.8) is 0 Å². The number of nitrogens with one attached hydrogen (secondary N) is 1. The maximum absolute atomic E-state index is 12.2. The monoisotopic (exact) mass is 260 g/mol. The summed E-state index contributed by atoms with van der Waals surface area (Å²) >= 11 is 0. The largest absolute Gasteiger partial charge is 0.313 e. The van der Waals surface area contributed by atoms with E-state index in [2.05, 4.69) is 5.32 Å². The molecule has 1 saturated carbocycles. The van der Waals surface area contributed by atoms with Crippen molar-refractivity contribution in [2.75, 3.05) is 25.4 Å². The van der Waals surface area contributed by atoms with E-state index in [-0.39, 0.29) is 0 Å². The van der Waals surface area contributed by atoms with Gasteiger partial charge in [-0.2, -0.15) is 0 Å². The van der Waals surface area contributed by atoms with Gasteiger partial charge in [-0.15, -0.1) is 0 Å². The second-order valence-electron chi connectivity index (χ2n) is 5.32. The minimum atomic E-state index is -3.02. The van der Waals surface area contributed by atoms with E-state index >= 15 is 0 Å². The maximum atomic E-state index is 12.2. The van der Waals surface area contributed by atoms with E-state index in [0.717, 1.165) is 25.8 Å². The Bertz CT molecular complexity index is 332. The number of piperidine rings is 1. The van der Waals surface area contributed by atoms with Crippen LogP contribution in [-0.2, 0) is 10.0 Å². The summed E-state index contributed by atoms with van der Waals surface area (Å²) in [6.07, 6.45) is 5.74. The van der Waals surface area contributed by atoms with Crippen LogP contribution in [0.15, 0.2) is 0 Å². The number of nitrogens with zero attached hydrogens (tertiary/aromatic N) is 1. The third-order valence-corrected chi connectivity index (χ3v) is 5.81. The third-order valence-electron chi connectivity index (χ3n) is 3.73. The molecule has 0 bridgehead atoms. The van der Waals surface area contributed by atoms with Gasteiger partial charge in [0.15, 0.2) is 0 Å². The average molecular weight is 260 g/mol. The molecule has 0 aromatic carbocycles. The molecule has 17 heavy (non-hydrogen) atoms. The first kappa shape index (κ1) is 13.3. The van der Waals surface area contributed by atoms with Crippen LogP contribution in [0.4, 0.5) is 0 Å². The molecule has 5 heteroatoms. The fraction of sp³-hybridized carbons (Fsp3) is 1.00. The van der Waals surface area contributed by atoms with Crippen LogP contribution in [0.3, 0.4) is 0 Å². The highest BCUT2D eigenvalue weighted by atomic mass is 32.2. The Morgan fingerprint density at radius 3 is 2.53 bits per heavy atom. The predicted octanol–water partition coefficient (Wildman–Crippen LogP) is 1.19. The summed E-state index contributed by atoms with van der Waals surface area (Å²) in [6.45, 7) is 4.23. The highest BCUT2D eigenvalue weighted by Crippen LogP contribution is 2.31. The van der Waals surface area contributed by atoms with E-state index in [1.54, 1.807) is 4.31 Å². The molecule has 1 N–H and O–H groups in total. The quantitative estimate of drug-likeness (QED) is 0.780. The molecule has 2 aliphatic rings. The second-order valence-corrected chi connectivity index (χ2v) is 7.33. The van der Waals surface area contributed by atoms with Crippen LogP contribution < -0.4 is 5.32 Å². The Morgan fingerprint density at radius 2 is 2.00 bits per heavy atom. The van der Waals surface area contributed by atoms with E-state index in [4.69, 9.17) is 0 Å². The molecule has 1 atom stereocenters. The predicted molar refractivity (Wildman–Crippen MR) is 69.4 cm³/mol. The van der Waals surface area contributed by atoms with Crippen molar-refractivity contribution in [1.29, 1.82) is 0 Å². The van der Waals surface area contributed by atoms with E-state index in [1.165, 1.54) is 12.8 Å². The van der Waals surface area contributed by atoms with E-state index < -0.39 is 10.0 Å². The number of rotatable bonds is 6. The minimum Gasteiger partial charge on any atom is -0.313 e. The number of sulfonamides is 1. The van der Waals surface area contributed by atoms with Crippen LogP contribution in [-0.4, -0.2) is 44.2 Å². The molecular weight excluding hydrogens is 236 g/mol. The molecule has 0 radical (unpaired) electrons. The zero-order valence-electron chi connectivity index (χ0n) is 10.7. The summed E-state index contributed by atoms with van der Waals surface area (Å²) < 4.78 is 26.0. The molecule has 0 aromatic rings. The summed E-state index contributed by atoms with van der Waals surface area (Å²) in [5, 5.41) is 3.42. The molecule has 1 heterocycles. The zero-order chi connectivity index (χ0) is 12.3. The van der Waals surface area contributed by atoms with Crippen LogP contribution in [0.1, 0.15) is 39.0 Å². The number of likely N-dealkylation sites (N-methyl/N-ethyl adjacent to an activating group) is 1. The van der Waals surface area contributed by atoms with Crippen molar-refractivity contribution in [1.82, 2.24) is 9.62 Å². The first-order valence-corrected chi connectivity index (χ1v) is 8.44. The van der Waals surface area contributed by atoms with Gasteiger partial charge in [0.05, 0.1) is 5.75 Å². The van der Waals surface area contributed by atoms with Gasteiger partial charge in [0.2, 0.25) is 10.0 Å². The lowest BCUT2D eigenvalue weighted by molar-refractivity contribution is 0.319. The molecule has 1 aliphatic carbocycles. The van der Waals surface area contributed by atoms with Crippen LogP contribution in [0, 0.1) is 5.92 Å². The summed E-state index contributed by atoms with van der Waals surface area (Å²) in [6, 6.07) is 0.359. The summed E-state index contributed by atoms with van der Waals surface area (Å²) in [5.41, 5.74) is 0. The molecule has 0 spiro atoms. The van der Waals surface area contributed by atoms with E-state index in [9.17, 15) is 8.42 Å². The van der Waals surface area contributed by atoms with Gasteiger partial charge in [-0.1, -0.05) is 13.3 Å². The molecule has 1 saturated heterocycles. The van der Waals surface area contributed by atoms with Crippen molar-refractivity contribution in [2.45, 2.75) is 45.1 Å². The van der Waals surface area contributed by atoms with Gasteiger partial charge in [-0.05, 0) is 38.1 Å². The van der Waals surface area contributed by atoms with Crippen molar-refractivity contribution in [3.05, 3.63) is 0 Å². The topological polar surface area (TPSA) is 49.4 Å². The summed E-state index contributed by atoms with van der Waals surface area (Å²) in [5.74, 6) is 0.807.